The van der Waals surface area contributed by atoms with Gasteiger partial charge in [0, 0.05) is 0 Å². The highest BCUT2D eigenvalue weighted by atomic mass is 32.1. The van der Waals surface area contributed by atoms with Gasteiger partial charge in [0.1, 0.15) is 17.4 Å². The molecule has 1 aliphatic rings. The first kappa shape index (κ1) is 15.9. The van der Waals surface area contributed by atoms with Crippen LogP contribution in [0.2, 0.25) is 0 Å². The number of carbonyl (C=O) groups excluding carboxylic acids is 1. The maximum Gasteiger partial charge on any atom is 0.310 e. The van der Waals surface area contributed by atoms with Gasteiger partial charge in [-0.3, -0.25) is 4.79 Å². The lowest BCUT2D eigenvalue weighted by atomic mass is 10.1. The Morgan fingerprint density at radius 1 is 1.20 bits per heavy atom. The predicted octanol–water partition coefficient (Wildman–Crippen LogP) is 3.28. The highest BCUT2D eigenvalue weighted by Gasteiger charge is 2.32. The fourth-order valence-corrected chi connectivity index (χ4v) is 3.87. The number of benzene rings is 2. The second-order valence-electron chi connectivity index (χ2n) is 5.98. The van der Waals surface area contributed by atoms with Crippen LogP contribution in [-0.2, 0) is 16.0 Å². The second kappa shape index (κ2) is 6.72. The minimum atomic E-state index is -0.179. The summed E-state index contributed by atoms with van der Waals surface area (Å²) in [6.45, 7) is 1.37. The van der Waals surface area contributed by atoms with Gasteiger partial charge in [-0.2, -0.15) is 0 Å². The molecule has 0 amide bonds. The molecule has 2 aromatic carbocycles. The molecule has 2 heterocycles. The highest BCUT2D eigenvalue weighted by Crippen LogP contribution is 2.35. The van der Waals surface area contributed by atoms with Crippen molar-refractivity contribution in [2.75, 3.05) is 25.1 Å². The van der Waals surface area contributed by atoms with Gasteiger partial charge in [0.15, 0.2) is 5.13 Å². The van der Waals surface area contributed by atoms with Crippen LogP contribution in [0, 0.1) is 0 Å². The zero-order valence-electron chi connectivity index (χ0n) is 13.8. The van der Waals surface area contributed by atoms with E-state index < -0.39 is 0 Å². The van der Waals surface area contributed by atoms with Gasteiger partial charge in [-0.15, -0.1) is 0 Å². The molecule has 6 heteroatoms. The van der Waals surface area contributed by atoms with Crippen molar-refractivity contribution in [3.05, 3.63) is 54.1 Å². The van der Waals surface area contributed by atoms with E-state index in [2.05, 4.69) is 9.88 Å². The smallest absolute Gasteiger partial charge is 0.310 e. The number of aromatic nitrogens is 1. The SMILES string of the molecule is COc1cccc2sc(N3CC(OC(=O)Cc4ccccc4)C3)nc12. The third kappa shape index (κ3) is 3.30. The summed E-state index contributed by atoms with van der Waals surface area (Å²) in [6, 6.07) is 15.6. The lowest BCUT2D eigenvalue weighted by Gasteiger charge is -2.38. The zero-order chi connectivity index (χ0) is 17.2. The van der Waals surface area contributed by atoms with E-state index in [0.717, 1.165) is 26.7 Å². The summed E-state index contributed by atoms with van der Waals surface area (Å²) in [5, 5.41) is 0.940. The number of esters is 1. The summed E-state index contributed by atoms with van der Waals surface area (Å²) < 4.78 is 12.0. The minimum absolute atomic E-state index is 0.0647. The maximum atomic E-state index is 12.0. The molecule has 5 nitrogen and oxygen atoms in total. The molecular weight excluding hydrogens is 336 g/mol. The Labute approximate surface area is 149 Å². The molecule has 1 saturated heterocycles. The Morgan fingerprint density at radius 3 is 2.76 bits per heavy atom. The van der Waals surface area contributed by atoms with E-state index in [1.54, 1.807) is 18.4 Å². The number of ether oxygens (including phenoxy) is 2. The standard InChI is InChI=1S/C19H18N2O3S/c1-23-15-8-5-9-16-18(15)20-19(25-16)21-11-14(12-21)24-17(22)10-13-6-3-2-4-7-13/h2-9,14H,10-12H2,1H3. The molecule has 1 aliphatic heterocycles. The second-order valence-corrected chi connectivity index (χ2v) is 6.99. The molecule has 0 spiro atoms. The molecule has 3 aromatic rings. The van der Waals surface area contributed by atoms with Crippen molar-refractivity contribution in [2.24, 2.45) is 0 Å². The number of thiazole rings is 1. The molecule has 0 atom stereocenters. The normalized spacial score (nSPS) is 14.4. The average molecular weight is 354 g/mol. The van der Waals surface area contributed by atoms with Crippen molar-refractivity contribution < 1.29 is 14.3 Å². The summed E-state index contributed by atoms with van der Waals surface area (Å²) in [5.41, 5.74) is 1.86. The van der Waals surface area contributed by atoms with Crippen molar-refractivity contribution in [3.8, 4) is 5.75 Å². The zero-order valence-corrected chi connectivity index (χ0v) is 14.7. The van der Waals surface area contributed by atoms with E-state index in [1.807, 2.05) is 48.5 Å². The van der Waals surface area contributed by atoms with Crippen LogP contribution in [0.5, 0.6) is 5.75 Å². The summed E-state index contributed by atoms with van der Waals surface area (Å²) in [5.74, 6) is 0.605. The van der Waals surface area contributed by atoms with Gasteiger partial charge in [-0.05, 0) is 17.7 Å². The number of anilines is 1. The van der Waals surface area contributed by atoms with E-state index in [1.165, 1.54) is 0 Å². The molecule has 128 valence electrons. The van der Waals surface area contributed by atoms with Gasteiger partial charge in [0.2, 0.25) is 0 Å². The highest BCUT2D eigenvalue weighted by molar-refractivity contribution is 7.22. The van der Waals surface area contributed by atoms with E-state index in [0.29, 0.717) is 19.5 Å². The first-order valence-electron chi connectivity index (χ1n) is 8.15. The molecule has 0 bridgehead atoms. The van der Waals surface area contributed by atoms with E-state index in [4.69, 9.17) is 9.47 Å². The quantitative estimate of drug-likeness (QED) is 0.658. The molecular formula is C19H18N2O3S. The van der Waals surface area contributed by atoms with E-state index >= 15 is 0 Å². The number of hydrogen-bond acceptors (Lipinski definition) is 6. The maximum absolute atomic E-state index is 12.0. The molecule has 25 heavy (non-hydrogen) atoms. The number of rotatable bonds is 5. The lowest BCUT2D eigenvalue weighted by Crippen LogP contribution is -2.53. The fourth-order valence-electron chi connectivity index (χ4n) is 2.87. The largest absolute Gasteiger partial charge is 0.494 e. The van der Waals surface area contributed by atoms with E-state index in [9.17, 15) is 4.79 Å². The van der Waals surface area contributed by atoms with Crippen molar-refractivity contribution in [3.63, 3.8) is 0 Å². The van der Waals surface area contributed by atoms with Gasteiger partial charge >= 0.3 is 5.97 Å². The Balaban J connectivity index is 1.35. The Morgan fingerprint density at radius 2 is 2.00 bits per heavy atom. The predicted molar refractivity (Wildman–Crippen MR) is 98.4 cm³/mol. The summed E-state index contributed by atoms with van der Waals surface area (Å²) in [6.07, 6.45) is 0.250. The third-order valence-electron chi connectivity index (χ3n) is 4.20. The molecule has 0 N–H and O–H groups in total. The van der Waals surface area contributed by atoms with Crippen LogP contribution in [0.3, 0.4) is 0 Å². The van der Waals surface area contributed by atoms with Gasteiger partial charge in [0.05, 0.1) is 31.3 Å². The summed E-state index contributed by atoms with van der Waals surface area (Å²) in [4.78, 5) is 18.8. The molecule has 4 rings (SSSR count). The van der Waals surface area contributed by atoms with Crippen molar-refractivity contribution in [2.45, 2.75) is 12.5 Å². The molecule has 0 radical (unpaired) electrons. The van der Waals surface area contributed by atoms with Crippen LogP contribution in [0.4, 0.5) is 5.13 Å². The molecule has 1 aromatic heterocycles. The topological polar surface area (TPSA) is 51.7 Å². The number of hydrogen-bond donors (Lipinski definition) is 0. The number of para-hydroxylation sites is 1. The molecule has 0 saturated carbocycles. The molecule has 0 unspecified atom stereocenters. The van der Waals surface area contributed by atoms with Crippen LogP contribution in [0.15, 0.2) is 48.5 Å². The third-order valence-corrected chi connectivity index (χ3v) is 5.28. The van der Waals surface area contributed by atoms with Crippen LogP contribution in [-0.4, -0.2) is 37.3 Å². The summed E-state index contributed by atoms with van der Waals surface area (Å²) >= 11 is 1.63. The molecule has 1 fully saturated rings. The minimum Gasteiger partial charge on any atom is -0.494 e. The monoisotopic (exact) mass is 354 g/mol. The van der Waals surface area contributed by atoms with Gasteiger partial charge in [-0.25, -0.2) is 4.98 Å². The number of fused-ring (bicyclic) bond motifs is 1. The van der Waals surface area contributed by atoms with Crippen LogP contribution in [0.1, 0.15) is 5.56 Å². The van der Waals surface area contributed by atoms with Crippen LogP contribution < -0.4 is 9.64 Å². The van der Waals surface area contributed by atoms with Gasteiger partial charge in [0.25, 0.3) is 0 Å². The first-order valence-corrected chi connectivity index (χ1v) is 8.96. The van der Waals surface area contributed by atoms with Gasteiger partial charge in [-0.1, -0.05) is 47.7 Å². The van der Waals surface area contributed by atoms with Crippen molar-refractivity contribution in [1.29, 1.82) is 0 Å². The van der Waals surface area contributed by atoms with Crippen molar-refractivity contribution >= 4 is 32.7 Å². The number of methoxy groups -OCH3 is 1. The Bertz CT molecular complexity index is 888. The number of nitrogens with zero attached hydrogens (tertiary/aromatic N) is 2. The molecule has 0 aliphatic carbocycles. The first-order chi connectivity index (χ1) is 12.2. The Kier molecular flexibility index (Phi) is 4.28. The Hall–Kier alpha value is -2.60. The van der Waals surface area contributed by atoms with Gasteiger partial charge < -0.3 is 14.4 Å². The fraction of sp³-hybridized carbons (Fsp3) is 0.263. The van der Waals surface area contributed by atoms with Crippen molar-refractivity contribution in [1.82, 2.24) is 4.98 Å². The van der Waals surface area contributed by atoms with E-state index in [-0.39, 0.29) is 12.1 Å². The van der Waals surface area contributed by atoms with Crippen LogP contribution >= 0.6 is 11.3 Å². The number of carbonyl (C=O) groups is 1. The lowest BCUT2D eigenvalue weighted by molar-refractivity contribution is -0.149. The summed E-state index contributed by atoms with van der Waals surface area (Å²) in [7, 11) is 1.65. The average Bonchev–Trinajstić information content (AvgIpc) is 3.02. The van der Waals surface area contributed by atoms with Crippen LogP contribution in [0.25, 0.3) is 10.2 Å².